The molecule has 2 fully saturated rings. The van der Waals surface area contributed by atoms with Gasteiger partial charge in [0.15, 0.2) is 0 Å². The second-order valence-electron chi connectivity index (χ2n) is 8.44. The third-order valence-electron chi connectivity index (χ3n) is 6.01. The number of piperazine rings is 1. The number of benzene rings is 2. The number of ether oxygens (including phenoxy) is 3. The normalized spacial score (nSPS) is 20.0. The van der Waals surface area contributed by atoms with Gasteiger partial charge in [0, 0.05) is 31.7 Å². The van der Waals surface area contributed by atoms with Crippen LogP contribution in [0.2, 0.25) is 0 Å². The molecule has 180 valence electrons. The van der Waals surface area contributed by atoms with Crippen molar-refractivity contribution >= 4 is 17.8 Å². The molecule has 2 atom stereocenters. The molecule has 2 unspecified atom stereocenters. The molecule has 0 aromatic heterocycles. The number of rotatable bonds is 9. The van der Waals surface area contributed by atoms with Crippen LogP contribution in [-0.2, 0) is 25.5 Å². The Bertz CT molecular complexity index is 973. The second kappa shape index (κ2) is 11.7. The van der Waals surface area contributed by atoms with Gasteiger partial charge in [0.25, 0.3) is 5.91 Å². The molecule has 2 aromatic carbocycles. The molecular weight excluding hydrogens is 436 g/mol. The summed E-state index contributed by atoms with van der Waals surface area (Å²) in [5, 5.41) is 2.73. The molecular formula is C26H30N2O6. The highest BCUT2D eigenvalue weighted by atomic mass is 16.6. The minimum absolute atomic E-state index is 0.0877. The number of esters is 1. The Morgan fingerprint density at radius 1 is 1.09 bits per heavy atom. The summed E-state index contributed by atoms with van der Waals surface area (Å²) in [6, 6.07) is 16.0. The fourth-order valence-corrected chi connectivity index (χ4v) is 4.13. The summed E-state index contributed by atoms with van der Waals surface area (Å²) >= 11 is 0. The van der Waals surface area contributed by atoms with Gasteiger partial charge in [-0.05, 0) is 42.7 Å². The van der Waals surface area contributed by atoms with E-state index in [0.717, 1.165) is 19.3 Å². The van der Waals surface area contributed by atoms with Crippen molar-refractivity contribution < 1.29 is 28.6 Å². The van der Waals surface area contributed by atoms with Crippen molar-refractivity contribution in [1.82, 2.24) is 10.2 Å². The summed E-state index contributed by atoms with van der Waals surface area (Å²) in [5.41, 5.74) is 1.63. The molecule has 8 heteroatoms. The van der Waals surface area contributed by atoms with Crippen molar-refractivity contribution in [3.8, 4) is 5.75 Å². The van der Waals surface area contributed by atoms with Crippen molar-refractivity contribution in [3.63, 3.8) is 0 Å². The van der Waals surface area contributed by atoms with E-state index < -0.39 is 12.0 Å². The van der Waals surface area contributed by atoms with Crippen LogP contribution >= 0.6 is 0 Å². The molecule has 1 N–H and O–H groups in total. The van der Waals surface area contributed by atoms with Gasteiger partial charge in [0.1, 0.15) is 18.4 Å². The maximum Gasteiger partial charge on any atom is 0.308 e. The molecule has 0 spiro atoms. The number of nitrogens with one attached hydrogen (secondary N) is 1. The van der Waals surface area contributed by atoms with Crippen molar-refractivity contribution in [2.45, 2.75) is 37.8 Å². The van der Waals surface area contributed by atoms with Crippen LogP contribution in [0.15, 0.2) is 54.6 Å². The lowest BCUT2D eigenvalue weighted by atomic mass is 10.1. The highest BCUT2D eigenvalue weighted by Crippen LogP contribution is 2.19. The topological polar surface area (TPSA) is 94.2 Å². The lowest BCUT2D eigenvalue weighted by Gasteiger charge is -2.34. The molecule has 8 nitrogen and oxygen atoms in total. The quantitative estimate of drug-likeness (QED) is 0.571. The molecule has 2 aliphatic rings. The Labute approximate surface area is 199 Å². The van der Waals surface area contributed by atoms with E-state index in [1.54, 1.807) is 24.3 Å². The summed E-state index contributed by atoms with van der Waals surface area (Å²) in [6.45, 7) is 2.04. The van der Waals surface area contributed by atoms with E-state index in [1.807, 2.05) is 18.2 Å². The second-order valence-corrected chi connectivity index (χ2v) is 8.44. The lowest BCUT2D eigenvalue weighted by molar-refractivity contribution is -0.150. The predicted molar refractivity (Wildman–Crippen MR) is 124 cm³/mol. The fourth-order valence-electron chi connectivity index (χ4n) is 4.13. The van der Waals surface area contributed by atoms with Crippen LogP contribution in [-0.4, -0.2) is 67.7 Å². The third-order valence-corrected chi connectivity index (χ3v) is 6.01. The predicted octanol–water partition coefficient (Wildman–Crippen LogP) is 2.36. The lowest BCUT2D eigenvalue weighted by Crippen LogP contribution is -2.57. The first kappa shape index (κ1) is 23.8. The van der Waals surface area contributed by atoms with Crippen molar-refractivity contribution in [2.75, 3.05) is 32.9 Å². The molecule has 2 heterocycles. The van der Waals surface area contributed by atoms with Crippen LogP contribution in [0.5, 0.6) is 5.75 Å². The molecule has 0 radical (unpaired) electrons. The maximum absolute atomic E-state index is 13.1. The van der Waals surface area contributed by atoms with E-state index >= 15 is 0 Å². The Morgan fingerprint density at radius 3 is 2.62 bits per heavy atom. The van der Waals surface area contributed by atoms with Crippen LogP contribution < -0.4 is 10.1 Å². The van der Waals surface area contributed by atoms with Gasteiger partial charge in [-0.15, -0.1) is 0 Å². The Kier molecular flexibility index (Phi) is 8.14. The molecule has 0 aliphatic carbocycles. The summed E-state index contributed by atoms with van der Waals surface area (Å²) in [4.78, 5) is 39.4. The number of hydrogen-bond donors (Lipinski definition) is 1. The van der Waals surface area contributed by atoms with Crippen LogP contribution in [0.25, 0.3) is 0 Å². The molecule has 2 aliphatic heterocycles. The monoisotopic (exact) mass is 466 g/mol. The zero-order valence-corrected chi connectivity index (χ0v) is 19.1. The molecule has 2 aromatic rings. The molecule has 34 heavy (non-hydrogen) atoms. The summed E-state index contributed by atoms with van der Waals surface area (Å²) in [6.07, 6.45) is 2.32. The fraction of sp³-hybridized carbons (Fsp3) is 0.423. The van der Waals surface area contributed by atoms with E-state index in [4.69, 9.17) is 14.2 Å². The van der Waals surface area contributed by atoms with E-state index in [-0.39, 0.29) is 30.9 Å². The summed E-state index contributed by atoms with van der Waals surface area (Å²) in [5.74, 6) is -0.507. The Hall–Kier alpha value is -3.39. The third kappa shape index (κ3) is 6.35. The van der Waals surface area contributed by atoms with E-state index in [1.165, 1.54) is 10.5 Å². The van der Waals surface area contributed by atoms with Crippen LogP contribution in [0.3, 0.4) is 0 Å². The van der Waals surface area contributed by atoms with E-state index in [2.05, 4.69) is 17.4 Å². The largest absolute Gasteiger partial charge is 0.493 e. The van der Waals surface area contributed by atoms with Crippen molar-refractivity contribution in [1.29, 1.82) is 0 Å². The van der Waals surface area contributed by atoms with Gasteiger partial charge in [0.05, 0.1) is 19.1 Å². The average Bonchev–Trinajstić information content (AvgIpc) is 3.39. The van der Waals surface area contributed by atoms with Gasteiger partial charge >= 0.3 is 5.97 Å². The number of amides is 2. The standard InChI is InChI=1S/C26H30N2O6/c29-24(34-18-22-7-4-15-32-22)17-23-25(30)27-13-14-28(23)26(31)20-8-10-21(11-9-20)33-16-12-19-5-2-1-3-6-19/h1-3,5-6,8-11,22-23H,4,7,12-18H2,(H,27,30). The molecule has 2 amide bonds. The highest BCUT2D eigenvalue weighted by Gasteiger charge is 2.35. The molecule has 0 saturated carbocycles. The Morgan fingerprint density at radius 2 is 1.88 bits per heavy atom. The van der Waals surface area contributed by atoms with Crippen LogP contribution in [0.4, 0.5) is 0 Å². The molecule has 4 rings (SSSR count). The highest BCUT2D eigenvalue weighted by molar-refractivity contribution is 5.99. The smallest absolute Gasteiger partial charge is 0.308 e. The molecule has 0 bridgehead atoms. The number of carbonyl (C=O) groups is 3. The summed E-state index contributed by atoms with van der Waals surface area (Å²) in [7, 11) is 0. The zero-order chi connectivity index (χ0) is 23.8. The van der Waals surface area contributed by atoms with Gasteiger partial charge in [-0.1, -0.05) is 30.3 Å². The number of hydrogen-bond acceptors (Lipinski definition) is 6. The van der Waals surface area contributed by atoms with Crippen molar-refractivity contribution in [2.24, 2.45) is 0 Å². The minimum Gasteiger partial charge on any atom is -0.493 e. The first-order valence-corrected chi connectivity index (χ1v) is 11.7. The van der Waals surface area contributed by atoms with Gasteiger partial charge in [-0.2, -0.15) is 0 Å². The van der Waals surface area contributed by atoms with E-state index in [9.17, 15) is 14.4 Å². The van der Waals surface area contributed by atoms with Gasteiger partial charge < -0.3 is 24.4 Å². The van der Waals surface area contributed by atoms with Crippen LogP contribution in [0, 0.1) is 0 Å². The maximum atomic E-state index is 13.1. The Balaban J connectivity index is 1.31. The first-order valence-electron chi connectivity index (χ1n) is 11.7. The average molecular weight is 467 g/mol. The van der Waals surface area contributed by atoms with Crippen molar-refractivity contribution in [3.05, 3.63) is 65.7 Å². The van der Waals surface area contributed by atoms with Gasteiger partial charge in [0.2, 0.25) is 5.91 Å². The van der Waals surface area contributed by atoms with Gasteiger partial charge in [-0.3, -0.25) is 14.4 Å². The minimum atomic E-state index is -0.903. The van der Waals surface area contributed by atoms with E-state index in [0.29, 0.717) is 37.6 Å². The zero-order valence-electron chi connectivity index (χ0n) is 19.1. The van der Waals surface area contributed by atoms with Gasteiger partial charge in [-0.25, -0.2) is 0 Å². The number of nitrogens with zero attached hydrogens (tertiary/aromatic N) is 1. The SMILES string of the molecule is O=C(CC1C(=O)NCCN1C(=O)c1ccc(OCCc2ccccc2)cc1)OCC1CCCO1. The summed E-state index contributed by atoms with van der Waals surface area (Å²) < 4.78 is 16.5. The van der Waals surface area contributed by atoms with Crippen LogP contribution in [0.1, 0.15) is 35.2 Å². The number of carbonyl (C=O) groups excluding carboxylic acids is 3. The molecule has 2 saturated heterocycles. The first-order chi connectivity index (χ1) is 16.6.